The number of carbonyl (C=O) groups excluding carboxylic acids is 3. The van der Waals surface area contributed by atoms with Crippen LogP contribution in [0.5, 0.6) is 0 Å². The number of hydrogen-bond acceptors (Lipinski definition) is 4. The summed E-state index contributed by atoms with van der Waals surface area (Å²) >= 11 is 7.47. The number of carbonyl (C=O) groups is 3. The second kappa shape index (κ2) is 13.5. The molecule has 196 valence electrons. The van der Waals surface area contributed by atoms with Crippen LogP contribution < -0.4 is 16.0 Å². The first-order valence-corrected chi connectivity index (χ1v) is 13.5. The summed E-state index contributed by atoms with van der Waals surface area (Å²) in [7, 11) is 0. The average molecular weight is 556 g/mol. The zero-order chi connectivity index (χ0) is 27.6. The highest BCUT2D eigenvalue weighted by molar-refractivity contribution is 8.00. The molecule has 3 amide bonds. The molecule has 3 N–H and O–H groups in total. The second-order valence-electron chi connectivity index (χ2n) is 8.57. The molecule has 0 radical (unpaired) electrons. The van der Waals surface area contributed by atoms with Crippen molar-refractivity contribution in [3.63, 3.8) is 0 Å². The maximum absolute atomic E-state index is 13.3. The molecule has 0 saturated carbocycles. The van der Waals surface area contributed by atoms with Crippen LogP contribution in [0.4, 0.5) is 11.4 Å². The van der Waals surface area contributed by atoms with E-state index in [1.54, 1.807) is 72.8 Å². The van der Waals surface area contributed by atoms with E-state index in [2.05, 4.69) is 16.0 Å². The van der Waals surface area contributed by atoms with E-state index in [0.717, 1.165) is 16.1 Å². The summed E-state index contributed by atoms with van der Waals surface area (Å²) in [5, 5.41) is 8.98. The van der Waals surface area contributed by atoms with Crippen molar-refractivity contribution in [1.82, 2.24) is 5.32 Å². The lowest BCUT2D eigenvalue weighted by atomic mass is 10.1. The Morgan fingerprint density at radius 1 is 0.821 bits per heavy atom. The fraction of sp³-hybridized carbons (Fsp3) is 0.0645. The lowest BCUT2D eigenvalue weighted by Gasteiger charge is -2.12. The molecular weight excluding hydrogens is 530 g/mol. The molecule has 0 fully saturated rings. The Hall–Kier alpha value is -4.33. The number of anilines is 2. The molecule has 0 spiro atoms. The molecule has 4 rings (SSSR count). The fourth-order valence-electron chi connectivity index (χ4n) is 3.62. The van der Waals surface area contributed by atoms with Gasteiger partial charge >= 0.3 is 0 Å². The van der Waals surface area contributed by atoms with Gasteiger partial charge in [0.15, 0.2) is 0 Å². The number of thioether (sulfide) groups is 1. The molecular formula is C31H26ClN3O3S. The second-order valence-corrected chi connectivity index (χ2v) is 10.1. The molecule has 0 aliphatic heterocycles. The highest BCUT2D eigenvalue weighted by atomic mass is 35.5. The van der Waals surface area contributed by atoms with Gasteiger partial charge in [-0.1, -0.05) is 66.2 Å². The summed E-state index contributed by atoms with van der Waals surface area (Å²) < 4.78 is 0. The van der Waals surface area contributed by atoms with Gasteiger partial charge in [-0.2, -0.15) is 0 Å². The molecule has 0 bridgehead atoms. The first-order valence-electron chi connectivity index (χ1n) is 12.1. The standard InChI is InChI=1S/C31H26ClN3O3S/c1-21-9-5-6-16-27(21)34-29(36)20-39-26-15-8-14-25(19-26)33-31(38)28(18-22-10-7-13-24(32)17-22)35-30(37)23-11-3-2-4-12-23/h2-19H,20H2,1H3,(H,33,38)(H,34,36)(H,35,37)/b28-18-. The number of halogens is 1. The first-order chi connectivity index (χ1) is 18.9. The maximum Gasteiger partial charge on any atom is 0.272 e. The monoisotopic (exact) mass is 555 g/mol. The molecule has 8 heteroatoms. The van der Waals surface area contributed by atoms with Gasteiger partial charge < -0.3 is 16.0 Å². The average Bonchev–Trinajstić information content (AvgIpc) is 2.93. The van der Waals surface area contributed by atoms with Gasteiger partial charge in [0.05, 0.1) is 5.75 Å². The molecule has 4 aromatic rings. The van der Waals surface area contributed by atoms with E-state index in [0.29, 0.717) is 21.8 Å². The highest BCUT2D eigenvalue weighted by Gasteiger charge is 2.15. The minimum Gasteiger partial charge on any atom is -0.325 e. The Balaban J connectivity index is 1.46. The van der Waals surface area contributed by atoms with E-state index in [1.165, 1.54) is 11.8 Å². The normalized spacial score (nSPS) is 11.0. The molecule has 6 nitrogen and oxygen atoms in total. The van der Waals surface area contributed by atoms with Gasteiger partial charge in [-0.05, 0) is 72.7 Å². The van der Waals surface area contributed by atoms with Crippen LogP contribution in [0.2, 0.25) is 5.02 Å². The minimum absolute atomic E-state index is 0.0572. The SMILES string of the molecule is Cc1ccccc1NC(=O)CSc1cccc(NC(=O)/C(=C/c2cccc(Cl)c2)NC(=O)c2ccccc2)c1. The van der Waals surface area contributed by atoms with Gasteiger partial charge in [-0.25, -0.2) is 0 Å². The third-order valence-corrected chi connectivity index (χ3v) is 6.80. The number of hydrogen-bond donors (Lipinski definition) is 3. The molecule has 0 aromatic heterocycles. The smallest absolute Gasteiger partial charge is 0.272 e. The van der Waals surface area contributed by atoms with Gasteiger partial charge in [0.25, 0.3) is 11.8 Å². The minimum atomic E-state index is -0.501. The van der Waals surface area contributed by atoms with Crippen molar-refractivity contribution < 1.29 is 14.4 Å². The molecule has 0 heterocycles. The molecule has 0 aliphatic carbocycles. The van der Waals surface area contributed by atoms with E-state index in [1.807, 2.05) is 43.3 Å². The van der Waals surface area contributed by atoms with Crippen LogP contribution >= 0.6 is 23.4 Å². The Morgan fingerprint density at radius 3 is 2.33 bits per heavy atom. The van der Waals surface area contributed by atoms with Crippen molar-refractivity contribution in [3.05, 3.63) is 131 Å². The van der Waals surface area contributed by atoms with Gasteiger partial charge in [-0.15, -0.1) is 11.8 Å². The van der Waals surface area contributed by atoms with Crippen molar-refractivity contribution in [1.29, 1.82) is 0 Å². The quantitative estimate of drug-likeness (QED) is 0.157. The van der Waals surface area contributed by atoms with Crippen LogP contribution in [0, 0.1) is 6.92 Å². The topological polar surface area (TPSA) is 87.3 Å². The Morgan fingerprint density at radius 2 is 1.56 bits per heavy atom. The fourth-order valence-corrected chi connectivity index (χ4v) is 4.57. The predicted molar refractivity (Wildman–Crippen MR) is 159 cm³/mol. The Labute approximate surface area is 236 Å². The van der Waals surface area contributed by atoms with Crippen LogP contribution in [0.3, 0.4) is 0 Å². The zero-order valence-electron chi connectivity index (χ0n) is 21.1. The summed E-state index contributed by atoms with van der Waals surface area (Å²) in [4.78, 5) is 39.4. The number of aryl methyl sites for hydroxylation is 1. The van der Waals surface area contributed by atoms with Crippen LogP contribution in [-0.4, -0.2) is 23.5 Å². The van der Waals surface area contributed by atoms with Crippen molar-refractivity contribution in [2.75, 3.05) is 16.4 Å². The Kier molecular flexibility index (Phi) is 9.56. The molecule has 0 aliphatic rings. The van der Waals surface area contributed by atoms with Crippen LogP contribution in [0.25, 0.3) is 6.08 Å². The van der Waals surface area contributed by atoms with Crippen molar-refractivity contribution in [2.45, 2.75) is 11.8 Å². The molecule has 39 heavy (non-hydrogen) atoms. The van der Waals surface area contributed by atoms with Crippen LogP contribution in [0.15, 0.2) is 114 Å². The van der Waals surface area contributed by atoms with Gasteiger partial charge in [-0.3, -0.25) is 14.4 Å². The number of para-hydroxylation sites is 1. The lowest BCUT2D eigenvalue weighted by molar-refractivity contribution is -0.114. The highest BCUT2D eigenvalue weighted by Crippen LogP contribution is 2.23. The Bertz CT molecular complexity index is 1520. The van der Waals surface area contributed by atoms with Gasteiger partial charge in [0.2, 0.25) is 5.91 Å². The van der Waals surface area contributed by atoms with Crippen molar-refractivity contribution >= 4 is 58.5 Å². The first kappa shape index (κ1) is 27.7. The lowest BCUT2D eigenvalue weighted by Crippen LogP contribution is -2.30. The summed E-state index contributed by atoms with van der Waals surface area (Å²) in [6, 6.07) is 30.4. The number of amides is 3. The maximum atomic E-state index is 13.3. The molecule has 0 atom stereocenters. The van der Waals surface area contributed by atoms with E-state index in [9.17, 15) is 14.4 Å². The largest absolute Gasteiger partial charge is 0.325 e. The van der Waals surface area contributed by atoms with E-state index in [-0.39, 0.29) is 17.4 Å². The molecule has 0 saturated heterocycles. The third kappa shape index (κ3) is 8.33. The van der Waals surface area contributed by atoms with Crippen molar-refractivity contribution in [2.24, 2.45) is 0 Å². The van der Waals surface area contributed by atoms with Gasteiger partial charge in [0.1, 0.15) is 5.70 Å². The number of benzene rings is 4. The summed E-state index contributed by atoms with van der Waals surface area (Å²) in [5.74, 6) is -0.834. The predicted octanol–water partition coefficient (Wildman–Crippen LogP) is 6.79. The van der Waals surface area contributed by atoms with Crippen LogP contribution in [-0.2, 0) is 9.59 Å². The zero-order valence-corrected chi connectivity index (χ0v) is 22.7. The van der Waals surface area contributed by atoms with Crippen molar-refractivity contribution in [3.8, 4) is 0 Å². The summed E-state index contributed by atoms with van der Waals surface area (Å²) in [6.07, 6.45) is 1.57. The summed E-state index contributed by atoms with van der Waals surface area (Å²) in [5.41, 5.74) is 3.42. The van der Waals surface area contributed by atoms with E-state index in [4.69, 9.17) is 11.6 Å². The molecule has 0 unspecified atom stereocenters. The van der Waals surface area contributed by atoms with E-state index < -0.39 is 11.8 Å². The number of nitrogens with one attached hydrogen (secondary N) is 3. The summed E-state index contributed by atoms with van der Waals surface area (Å²) in [6.45, 7) is 1.94. The van der Waals surface area contributed by atoms with E-state index >= 15 is 0 Å². The third-order valence-electron chi connectivity index (χ3n) is 5.57. The van der Waals surface area contributed by atoms with Crippen LogP contribution in [0.1, 0.15) is 21.5 Å². The van der Waals surface area contributed by atoms with Gasteiger partial charge in [0, 0.05) is 26.9 Å². The molecule has 4 aromatic carbocycles. The number of rotatable bonds is 9.